The molecule has 0 spiro atoms. The summed E-state index contributed by atoms with van der Waals surface area (Å²) in [5, 5.41) is 0. The molecule has 21 heavy (non-hydrogen) atoms. The Morgan fingerprint density at radius 2 is 1.19 bits per heavy atom. The molecule has 6 atom stereocenters. The van der Waals surface area contributed by atoms with Crippen molar-refractivity contribution >= 4 is 24.6 Å². The number of hydrogen-bond donors (Lipinski definition) is 0. The first-order valence-electron chi connectivity index (χ1n) is 6.21. The van der Waals surface area contributed by atoms with Crippen LogP contribution < -0.4 is 0 Å². The molecule has 6 unspecified atom stereocenters. The lowest BCUT2D eigenvalue weighted by molar-refractivity contribution is -0.0831. The number of rotatable bonds is 0. The largest absolute Gasteiger partial charge is 0.519 e. The topological polar surface area (TPSA) is 124 Å². The van der Waals surface area contributed by atoms with Crippen LogP contribution in [0.1, 0.15) is 6.42 Å². The number of carbonyl (C=O) groups excluding carboxylic acids is 4. The van der Waals surface area contributed by atoms with Gasteiger partial charge in [-0.05, 0) is 6.42 Å². The van der Waals surface area contributed by atoms with E-state index in [9.17, 15) is 19.2 Å². The van der Waals surface area contributed by atoms with Crippen molar-refractivity contribution in [3.05, 3.63) is 0 Å². The molecule has 4 fully saturated rings. The third kappa shape index (κ3) is 1.71. The molecule has 2 aliphatic carbocycles. The van der Waals surface area contributed by atoms with E-state index in [2.05, 4.69) is 9.47 Å². The Bertz CT molecular complexity index is 553. The lowest BCUT2D eigenvalue weighted by Crippen LogP contribution is -2.45. The van der Waals surface area contributed by atoms with E-state index in [1.54, 1.807) is 0 Å². The van der Waals surface area contributed by atoms with Gasteiger partial charge in [-0.2, -0.15) is 0 Å². The van der Waals surface area contributed by atoms with Crippen LogP contribution in [0.4, 0.5) is 19.2 Å². The molecule has 4 bridgehead atoms. The molecule has 0 aromatic carbocycles. The lowest BCUT2D eigenvalue weighted by Gasteiger charge is -2.30. The molecule has 2 saturated carbocycles. The van der Waals surface area contributed by atoms with E-state index in [0.29, 0.717) is 6.42 Å². The minimum absolute atomic E-state index is 0.295. The average molecular weight is 300 g/mol. The fraction of sp³-hybridized carbons (Fsp3) is 0.636. The third-order valence-corrected chi connectivity index (χ3v) is 4.14. The maximum Gasteiger partial charge on any atom is 0.519 e. The molecule has 10 heteroatoms. The maximum absolute atomic E-state index is 11.4. The van der Waals surface area contributed by atoms with Crippen LogP contribution in [0, 0.1) is 11.8 Å². The van der Waals surface area contributed by atoms with Crippen molar-refractivity contribution in [3.8, 4) is 0 Å². The summed E-state index contributed by atoms with van der Waals surface area (Å²) >= 11 is 0. The normalized spacial score (nSPS) is 43.8. The number of carbonyl (C=O) groups is 4. The van der Waals surface area contributed by atoms with Crippen LogP contribution in [0.5, 0.6) is 0 Å². The number of fused-ring (bicyclic) bond motifs is 2. The SMILES string of the molecule is O=C1OC(=O)OC2C3CC(O1)C2C1OC(=O)OC(=O)OC31. The number of ether oxygens (including phenoxy) is 6. The predicted octanol–water partition coefficient (Wildman–Crippen LogP) is 0.717. The molecule has 0 amide bonds. The molecule has 0 aromatic rings. The Hall–Kier alpha value is -2.52. The minimum Gasteiger partial charge on any atom is -0.430 e. The van der Waals surface area contributed by atoms with Gasteiger partial charge in [0, 0.05) is 5.92 Å². The monoisotopic (exact) mass is 300 g/mol. The Kier molecular flexibility index (Phi) is 2.33. The van der Waals surface area contributed by atoms with Crippen LogP contribution in [0.2, 0.25) is 0 Å². The first kappa shape index (κ1) is 12.2. The van der Waals surface area contributed by atoms with Crippen molar-refractivity contribution in [3.63, 3.8) is 0 Å². The smallest absolute Gasteiger partial charge is 0.430 e. The maximum atomic E-state index is 11.4. The molecule has 112 valence electrons. The van der Waals surface area contributed by atoms with Crippen molar-refractivity contribution in [2.75, 3.05) is 0 Å². The highest BCUT2D eigenvalue weighted by atomic mass is 16.8. The second-order valence-corrected chi connectivity index (χ2v) is 5.08. The molecule has 2 heterocycles. The van der Waals surface area contributed by atoms with Gasteiger partial charge in [-0.3, -0.25) is 0 Å². The minimum atomic E-state index is -1.21. The molecule has 0 radical (unpaired) electrons. The van der Waals surface area contributed by atoms with E-state index in [1.165, 1.54) is 0 Å². The van der Waals surface area contributed by atoms with Gasteiger partial charge in [0.25, 0.3) is 0 Å². The third-order valence-electron chi connectivity index (χ3n) is 4.14. The summed E-state index contributed by atoms with van der Waals surface area (Å²) in [5.41, 5.74) is 0. The molecular weight excluding hydrogens is 292 g/mol. The van der Waals surface area contributed by atoms with Crippen LogP contribution in [-0.2, 0) is 28.4 Å². The molecule has 0 N–H and O–H groups in total. The van der Waals surface area contributed by atoms with Crippen LogP contribution in [-0.4, -0.2) is 49.0 Å². The predicted molar refractivity (Wildman–Crippen MR) is 54.8 cm³/mol. The van der Waals surface area contributed by atoms with Crippen molar-refractivity contribution in [2.45, 2.75) is 30.8 Å². The van der Waals surface area contributed by atoms with Gasteiger partial charge < -0.3 is 28.4 Å². The van der Waals surface area contributed by atoms with Crippen LogP contribution in [0.25, 0.3) is 0 Å². The van der Waals surface area contributed by atoms with E-state index in [4.69, 9.17) is 18.9 Å². The summed E-state index contributed by atoms with van der Waals surface area (Å²) in [6.07, 6.45) is -7.59. The Morgan fingerprint density at radius 1 is 0.667 bits per heavy atom. The highest BCUT2D eigenvalue weighted by molar-refractivity contribution is 5.79. The second kappa shape index (κ2) is 3.99. The molecule has 4 aliphatic rings. The zero-order valence-electron chi connectivity index (χ0n) is 10.3. The lowest BCUT2D eigenvalue weighted by atomic mass is 9.92. The average Bonchev–Trinajstić information content (AvgIpc) is 2.76. The molecule has 2 saturated heterocycles. The van der Waals surface area contributed by atoms with Gasteiger partial charge in [0.2, 0.25) is 0 Å². The Morgan fingerprint density at radius 3 is 1.86 bits per heavy atom. The van der Waals surface area contributed by atoms with E-state index in [1.807, 2.05) is 0 Å². The van der Waals surface area contributed by atoms with Gasteiger partial charge in [0.05, 0.1) is 5.92 Å². The summed E-state index contributed by atoms with van der Waals surface area (Å²) in [6.45, 7) is 0. The van der Waals surface area contributed by atoms with Gasteiger partial charge in [-0.1, -0.05) is 0 Å². The zero-order chi connectivity index (χ0) is 14.7. The zero-order valence-corrected chi connectivity index (χ0v) is 10.3. The number of cyclic esters (lactones) is 4. The fourth-order valence-corrected chi connectivity index (χ4v) is 3.52. The summed E-state index contributed by atoms with van der Waals surface area (Å²) in [7, 11) is 0. The van der Waals surface area contributed by atoms with E-state index >= 15 is 0 Å². The molecule has 0 aromatic heterocycles. The fourth-order valence-electron chi connectivity index (χ4n) is 3.52. The first-order chi connectivity index (χ1) is 10.0. The van der Waals surface area contributed by atoms with Gasteiger partial charge >= 0.3 is 24.6 Å². The summed E-state index contributed by atoms with van der Waals surface area (Å²) in [6, 6.07) is 0. The van der Waals surface area contributed by atoms with Crippen LogP contribution >= 0.6 is 0 Å². The highest BCUT2D eigenvalue weighted by Gasteiger charge is 2.67. The molecule has 4 rings (SSSR count). The standard InChI is InChI=1S/C11H8O10/c12-8-16-3-1-2-5(17-9(13)20-8)4(3)7-6(2)18-10(14)21-11(15)19-7/h2-7H,1H2. The number of hydrogen-bond acceptors (Lipinski definition) is 10. The molecule has 10 nitrogen and oxygen atoms in total. The van der Waals surface area contributed by atoms with E-state index in [0.717, 1.165) is 0 Å². The highest BCUT2D eigenvalue weighted by Crippen LogP contribution is 2.52. The van der Waals surface area contributed by atoms with Gasteiger partial charge in [-0.15, -0.1) is 0 Å². The van der Waals surface area contributed by atoms with Gasteiger partial charge in [-0.25, -0.2) is 19.2 Å². The quantitative estimate of drug-likeness (QED) is 0.359. The molecular formula is C11H8O10. The van der Waals surface area contributed by atoms with Gasteiger partial charge in [0.1, 0.15) is 18.3 Å². The second-order valence-electron chi connectivity index (χ2n) is 5.08. The van der Waals surface area contributed by atoms with Crippen molar-refractivity contribution < 1.29 is 47.6 Å². The summed E-state index contributed by atoms with van der Waals surface area (Å²) in [4.78, 5) is 45.3. The van der Waals surface area contributed by atoms with Crippen LogP contribution in [0.3, 0.4) is 0 Å². The van der Waals surface area contributed by atoms with E-state index in [-0.39, 0.29) is 0 Å². The van der Waals surface area contributed by atoms with Crippen molar-refractivity contribution in [1.29, 1.82) is 0 Å². The first-order valence-corrected chi connectivity index (χ1v) is 6.21. The Balaban J connectivity index is 1.69. The van der Waals surface area contributed by atoms with Crippen LogP contribution in [0.15, 0.2) is 0 Å². The Labute approximate surface area is 116 Å². The summed E-state index contributed by atoms with van der Waals surface area (Å²) in [5.74, 6) is -1.10. The van der Waals surface area contributed by atoms with Gasteiger partial charge in [0.15, 0.2) is 6.10 Å². The van der Waals surface area contributed by atoms with Crippen molar-refractivity contribution in [2.24, 2.45) is 11.8 Å². The summed E-state index contributed by atoms with van der Waals surface area (Å²) < 4.78 is 28.6. The molecule has 2 aliphatic heterocycles. The van der Waals surface area contributed by atoms with E-state index < -0.39 is 60.9 Å². The van der Waals surface area contributed by atoms with Crippen molar-refractivity contribution in [1.82, 2.24) is 0 Å².